The number of esters is 1. The van der Waals surface area contributed by atoms with E-state index in [1.54, 1.807) is 23.1 Å². The highest BCUT2D eigenvalue weighted by Crippen LogP contribution is 2.28. The second kappa shape index (κ2) is 9.82. The quantitative estimate of drug-likeness (QED) is 0.668. The first-order valence-corrected chi connectivity index (χ1v) is 9.68. The van der Waals surface area contributed by atoms with Gasteiger partial charge < -0.3 is 24.0 Å². The molecule has 1 aliphatic rings. The number of hydrogen-bond donors (Lipinski definition) is 0. The van der Waals surface area contributed by atoms with E-state index in [0.29, 0.717) is 36.8 Å². The summed E-state index contributed by atoms with van der Waals surface area (Å²) in [6, 6.07) is 14.9. The molecular formula is C22H26N2O5. The molecule has 0 N–H and O–H groups in total. The molecule has 0 saturated carbocycles. The van der Waals surface area contributed by atoms with Crippen LogP contribution in [0.4, 0.5) is 5.69 Å². The van der Waals surface area contributed by atoms with Gasteiger partial charge in [-0.1, -0.05) is 18.2 Å². The van der Waals surface area contributed by atoms with E-state index in [9.17, 15) is 9.59 Å². The smallest absolute Gasteiger partial charge is 0.338 e. The van der Waals surface area contributed by atoms with Crippen molar-refractivity contribution in [1.29, 1.82) is 0 Å². The molecule has 0 bridgehead atoms. The Labute approximate surface area is 170 Å². The van der Waals surface area contributed by atoms with Gasteiger partial charge in [-0.2, -0.15) is 0 Å². The highest BCUT2D eigenvalue weighted by molar-refractivity contribution is 5.92. The highest BCUT2D eigenvalue weighted by Gasteiger charge is 2.22. The van der Waals surface area contributed by atoms with Gasteiger partial charge in [0.25, 0.3) is 5.91 Å². The molecule has 1 fully saturated rings. The topological polar surface area (TPSA) is 68.3 Å². The number of anilines is 1. The summed E-state index contributed by atoms with van der Waals surface area (Å²) in [5, 5.41) is 0. The molecule has 29 heavy (non-hydrogen) atoms. The van der Waals surface area contributed by atoms with Crippen LogP contribution in [0.15, 0.2) is 48.5 Å². The van der Waals surface area contributed by atoms with Crippen LogP contribution in [0.2, 0.25) is 0 Å². The first kappa shape index (κ1) is 20.5. The van der Waals surface area contributed by atoms with Gasteiger partial charge in [-0.25, -0.2) is 4.79 Å². The molecular weight excluding hydrogens is 372 g/mol. The number of methoxy groups -OCH3 is 1. The van der Waals surface area contributed by atoms with Gasteiger partial charge in [-0.15, -0.1) is 0 Å². The predicted molar refractivity (Wildman–Crippen MR) is 110 cm³/mol. The SMILES string of the molecule is CCOc1ccc(C(=O)OCC(=O)N2CCN(c3ccccc3)CC2)cc1OC. The third-order valence-corrected chi connectivity index (χ3v) is 4.78. The zero-order chi connectivity index (χ0) is 20.6. The maximum Gasteiger partial charge on any atom is 0.338 e. The summed E-state index contributed by atoms with van der Waals surface area (Å²) >= 11 is 0. The Morgan fingerprint density at radius 1 is 0.966 bits per heavy atom. The van der Waals surface area contributed by atoms with Crippen molar-refractivity contribution in [3.63, 3.8) is 0 Å². The average Bonchev–Trinajstić information content (AvgIpc) is 2.78. The predicted octanol–water partition coefficient (Wildman–Crippen LogP) is 2.60. The van der Waals surface area contributed by atoms with Crippen LogP contribution in [-0.2, 0) is 9.53 Å². The summed E-state index contributed by atoms with van der Waals surface area (Å²) in [7, 11) is 1.51. The van der Waals surface area contributed by atoms with Gasteiger partial charge >= 0.3 is 5.97 Å². The number of para-hydroxylation sites is 1. The Morgan fingerprint density at radius 3 is 2.34 bits per heavy atom. The van der Waals surface area contributed by atoms with Crippen LogP contribution in [-0.4, -0.2) is 63.3 Å². The summed E-state index contributed by atoms with van der Waals surface area (Å²) in [4.78, 5) is 28.7. The molecule has 0 atom stereocenters. The van der Waals surface area contributed by atoms with Gasteiger partial charge in [0.1, 0.15) is 0 Å². The molecule has 0 aromatic heterocycles. The minimum absolute atomic E-state index is 0.191. The van der Waals surface area contributed by atoms with Gasteiger partial charge in [-0.05, 0) is 37.3 Å². The molecule has 2 aromatic carbocycles. The molecule has 1 saturated heterocycles. The fraction of sp³-hybridized carbons (Fsp3) is 0.364. The fourth-order valence-electron chi connectivity index (χ4n) is 3.22. The van der Waals surface area contributed by atoms with E-state index in [1.165, 1.54) is 7.11 Å². The molecule has 0 spiro atoms. The van der Waals surface area contributed by atoms with Gasteiger partial charge in [-0.3, -0.25) is 4.79 Å². The van der Waals surface area contributed by atoms with Gasteiger partial charge in [0.2, 0.25) is 0 Å². The lowest BCUT2D eigenvalue weighted by Crippen LogP contribution is -2.49. The molecule has 7 nitrogen and oxygen atoms in total. The number of nitrogens with zero attached hydrogens (tertiary/aromatic N) is 2. The van der Waals surface area contributed by atoms with Crippen molar-refractivity contribution in [3.8, 4) is 11.5 Å². The number of ether oxygens (including phenoxy) is 3. The molecule has 2 aromatic rings. The van der Waals surface area contributed by atoms with Crippen LogP contribution in [0.1, 0.15) is 17.3 Å². The van der Waals surface area contributed by atoms with E-state index in [1.807, 2.05) is 25.1 Å². The Hall–Kier alpha value is -3.22. The average molecular weight is 398 g/mol. The van der Waals surface area contributed by atoms with Crippen molar-refractivity contribution in [3.05, 3.63) is 54.1 Å². The first-order valence-electron chi connectivity index (χ1n) is 9.68. The maximum atomic E-state index is 12.4. The van der Waals surface area contributed by atoms with Gasteiger partial charge in [0.15, 0.2) is 18.1 Å². The first-order chi connectivity index (χ1) is 14.1. The standard InChI is InChI=1S/C22H26N2O5/c1-3-28-19-10-9-17(15-20(19)27-2)22(26)29-16-21(25)24-13-11-23(12-14-24)18-7-5-4-6-8-18/h4-10,15H,3,11-14,16H2,1-2H3. The Bertz CT molecular complexity index is 832. The van der Waals surface area contributed by atoms with E-state index in [-0.39, 0.29) is 12.5 Å². The molecule has 0 aliphatic carbocycles. The number of hydrogen-bond acceptors (Lipinski definition) is 6. The van der Waals surface area contributed by atoms with Gasteiger partial charge in [0.05, 0.1) is 19.3 Å². The number of benzene rings is 2. The lowest BCUT2D eigenvalue weighted by atomic mass is 10.2. The van der Waals surface area contributed by atoms with E-state index in [0.717, 1.165) is 18.8 Å². The third-order valence-electron chi connectivity index (χ3n) is 4.78. The van der Waals surface area contributed by atoms with Crippen LogP contribution in [0, 0.1) is 0 Å². The van der Waals surface area contributed by atoms with Crippen molar-refractivity contribution >= 4 is 17.6 Å². The zero-order valence-electron chi connectivity index (χ0n) is 16.8. The second-order valence-corrected chi connectivity index (χ2v) is 6.58. The molecule has 7 heteroatoms. The van der Waals surface area contributed by atoms with Crippen LogP contribution >= 0.6 is 0 Å². The summed E-state index contributed by atoms with van der Waals surface area (Å²) in [5.41, 5.74) is 1.46. The van der Waals surface area contributed by atoms with E-state index in [4.69, 9.17) is 14.2 Å². The lowest BCUT2D eigenvalue weighted by molar-refractivity contribution is -0.134. The number of piperazine rings is 1. The molecule has 1 heterocycles. The lowest BCUT2D eigenvalue weighted by Gasteiger charge is -2.36. The van der Waals surface area contributed by atoms with Crippen molar-refractivity contribution in [1.82, 2.24) is 4.90 Å². The molecule has 3 rings (SSSR count). The number of carbonyl (C=O) groups is 2. The normalized spacial score (nSPS) is 13.7. The largest absolute Gasteiger partial charge is 0.493 e. The Kier molecular flexibility index (Phi) is 6.94. The highest BCUT2D eigenvalue weighted by atomic mass is 16.5. The number of carbonyl (C=O) groups excluding carboxylic acids is 2. The van der Waals surface area contributed by atoms with Crippen LogP contribution in [0.3, 0.4) is 0 Å². The van der Waals surface area contributed by atoms with Crippen molar-refractivity contribution in [2.24, 2.45) is 0 Å². The fourth-order valence-corrected chi connectivity index (χ4v) is 3.22. The van der Waals surface area contributed by atoms with Crippen LogP contribution < -0.4 is 14.4 Å². The second-order valence-electron chi connectivity index (χ2n) is 6.58. The van der Waals surface area contributed by atoms with E-state index >= 15 is 0 Å². The summed E-state index contributed by atoms with van der Waals surface area (Å²) in [5.74, 6) is 0.246. The van der Waals surface area contributed by atoms with E-state index < -0.39 is 5.97 Å². The molecule has 154 valence electrons. The summed E-state index contributed by atoms with van der Waals surface area (Å²) < 4.78 is 15.9. The van der Waals surface area contributed by atoms with Gasteiger partial charge in [0, 0.05) is 31.9 Å². The number of rotatable bonds is 7. The summed E-state index contributed by atoms with van der Waals surface area (Å²) in [6.07, 6.45) is 0. The molecule has 0 unspecified atom stereocenters. The van der Waals surface area contributed by atoms with Crippen molar-refractivity contribution in [2.75, 3.05) is 51.4 Å². The maximum absolute atomic E-state index is 12.4. The van der Waals surface area contributed by atoms with Crippen LogP contribution in [0.25, 0.3) is 0 Å². The van der Waals surface area contributed by atoms with Crippen molar-refractivity contribution in [2.45, 2.75) is 6.92 Å². The molecule has 0 radical (unpaired) electrons. The zero-order valence-corrected chi connectivity index (χ0v) is 16.8. The molecule has 1 aliphatic heterocycles. The number of amides is 1. The Balaban J connectivity index is 1.50. The Morgan fingerprint density at radius 2 is 1.69 bits per heavy atom. The minimum atomic E-state index is -0.567. The third kappa shape index (κ3) is 5.19. The van der Waals surface area contributed by atoms with Crippen LogP contribution in [0.5, 0.6) is 11.5 Å². The monoisotopic (exact) mass is 398 g/mol. The summed E-state index contributed by atoms with van der Waals surface area (Å²) in [6.45, 7) is 4.78. The van der Waals surface area contributed by atoms with Crippen molar-refractivity contribution < 1.29 is 23.8 Å². The minimum Gasteiger partial charge on any atom is -0.493 e. The van der Waals surface area contributed by atoms with E-state index in [2.05, 4.69) is 17.0 Å². The molecule has 1 amide bonds.